The van der Waals surface area contributed by atoms with Crippen LogP contribution in [0.15, 0.2) is 29.3 Å². The monoisotopic (exact) mass is 378 g/mol. The van der Waals surface area contributed by atoms with E-state index in [1.54, 1.807) is 0 Å². The van der Waals surface area contributed by atoms with E-state index >= 15 is 0 Å². The van der Waals surface area contributed by atoms with Crippen LogP contribution in [0.3, 0.4) is 0 Å². The molecule has 0 amide bonds. The van der Waals surface area contributed by atoms with Crippen molar-refractivity contribution in [1.82, 2.24) is 10.2 Å². The molecule has 0 atom stereocenters. The highest BCUT2D eigenvalue weighted by Crippen LogP contribution is 2.17. The lowest BCUT2D eigenvalue weighted by molar-refractivity contribution is -0.0320. The molecule has 2 aliphatic heterocycles. The Kier molecular flexibility index (Phi) is 7.71. The summed E-state index contributed by atoms with van der Waals surface area (Å²) in [5.74, 6) is 0.752. The minimum absolute atomic E-state index is 0.192. The second kappa shape index (κ2) is 10.5. The second-order valence-electron chi connectivity index (χ2n) is 6.96. The van der Waals surface area contributed by atoms with Crippen molar-refractivity contribution in [1.29, 1.82) is 0 Å². The zero-order valence-corrected chi connectivity index (χ0v) is 16.2. The lowest BCUT2D eigenvalue weighted by Gasteiger charge is -2.37. The molecule has 3 rings (SSSR count). The van der Waals surface area contributed by atoms with Gasteiger partial charge in [-0.25, -0.2) is 4.39 Å². The molecule has 1 aromatic rings. The van der Waals surface area contributed by atoms with Gasteiger partial charge in [0, 0.05) is 65.3 Å². The van der Waals surface area contributed by atoms with Gasteiger partial charge in [-0.2, -0.15) is 0 Å². The summed E-state index contributed by atoms with van der Waals surface area (Å²) < 4.78 is 24.3. The summed E-state index contributed by atoms with van der Waals surface area (Å²) in [6, 6.07) is 6.72. The Morgan fingerprint density at radius 3 is 2.56 bits per heavy atom. The fraction of sp³-hybridized carbons (Fsp3) is 0.650. The Morgan fingerprint density at radius 2 is 1.89 bits per heavy atom. The van der Waals surface area contributed by atoms with Crippen LogP contribution >= 0.6 is 0 Å². The van der Waals surface area contributed by atoms with Crippen molar-refractivity contribution in [3.8, 4) is 0 Å². The molecule has 0 unspecified atom stereocenters. The van der Waals surface area contributed by atoms with Gasteiger partial charge in [0.25, 0.3) is 0 Å². The first kappa shape index (κ1) is 19.9. The molecule has 27 heavy (non-hydrogen) atoms. The topological polar surface area (TPSA) is 49.3 Å². The Balaban J connectivity index is 1.34. The number of piperazine rings is 1. The number of rotatable bonds is 6. The summed E-state index contributed by atoms with van der Waals surface area (Å²) in [6.45, 7) is 6.86. The van der Waals surface area contributed by atoms with Crippen molar-refractivity contribution in [2.24, 2.45) is 4.99 Å². The van der Waals surface area contributed by atoms with E-state index in [-0.39, 0.29) is 5.82 Å². The average Bonchev–Trinajstić information content (AvgIpc) is 2.72. The maximum Gasteiger partial charge on any atom is 0.193 e. The number of nitrogens with zero attached hydrogens (tertiary/aromatic N) is 3. The third-order valence-electron chi connectivity index (χ3n) is 5.11. The molecule has 0 saturated carbocycles. The predicted molar refractivity (Wildman–Crippen MR) is 106 cm³/mol. The summed E-state index contributed by atoms with van der Waals surface area (Å²) in [5, 5.41) is 3.44. The van der Waals surface area contributed by atoms with Crippen molar-refractivity contribution in [2.75, 3.05) is 64.5 Å². The van der Waals surface area contributed by atoms with Gasteiger partial charge in [0.2, 0.25) is 0 Å². The van der Waals surface area contributed by atoms with Crippen LogP contribution in [-0.2, 0) is 9.47 Å². The zero-order valence-electron chi connectivity index (χ0n) is 16.2. The van der Waals surface area contributed by atoms with Crippen LogP contribution in [0.4, 0.5) is 10.1 Å². The van der Waals surface area contributed by atoms with Gasteiger partial charge in [0.05, 0.1) is 6.10 Å². The van der Waals surface area contributed by atoms with Crippen LogP contribution in [0.5, 0.6) is 0 Å². The van der Waals surface area contributed by atoms with E-state index < -0.39 is 0 Å². The third-order valence-corrected chi connectivity index (χ3v) is 5.11. The van der Waals surface area contributed by atoms with E-state index in [2.05, 4.69) is 20.1 Å². The molecule has 2 fully saturated rings. The molecule has 0 spiro atoms. The van der Waals surface area contributed by atoms with E-state index in [0.29, 0.717) is 6.10 Å². The normalized spacial score (nSPS) is 19.4. The molecule has 7 heteroatoms. The Bertz CT molecular complexity index is 582. The molecule has 1 N–H and O–H groups in total. The van der Waals surface area contributed by atoms with Crippen molar-refractivity contribution in [2.45, 2.75) is 25.4 Å². The summed E-state index contributed by atoms with van der Waals surface area (Å²) in [6.07, 6.45) is 3.34. The van der Waals surface area contributed by atoms with Crippen LogP contribution in [0.2, 0.25) is 0 Å². The van der Waals surface area contributed by atoms with Gasteiger partial charge in [-0.3, -0.25) is 4.99 Å². The Morgan fingerprint density at radius 1 is 1.19 bits per heavy atom. The quantitative estimate of drug-likeness (QED) is 0.467. The van der Waals surface area contributed by atoms with Crippen molar-refractivity contribution in [3.05, 3.63) is 30.1 Å². The molecule has 2 saturated heterocycles. The Labute approximate surface area is 161 Å². The molecule has 6 nitrogen and oxygen atoms in total. The van der Waals surface area contributed by atoms with Gasteiger partial charge in [-0.1, -0.05) is 0 Å². The smallest absolute Gasteiger partial charge is 0.193 e. The van der Waals surface area contributed by atoms with E-state index in [1.807, 2.05) is 19.2 Å². The maximum atomic E-state index is 13.1. The first-order valence-electron chi connectivity index (χ1n) is 9.92. The SMILES string of the molecule is CN=C(NCCCOC1CCOCC1)N1CCN(c2ccc(F)cc2)CC1. The fourth-order valence-electron chi connectivity index (χ4n) is 3.53. The van der Waals surface area contributed by atoms with Crippen molar-refractivity contribution >= 4 is 11.6 Å². The predicted octanol–water partition coefficient (Wildman–Crippen LogP) is 2.11. The zero-order chi connectivity index (χ0) is 18.9. The molecule has 0 aromatic heterocycles. The first-order valence-corrected chi connectivity index (χ1v) is 9.92. The van der Waals surface area contributed by atoms with Gasteiger partial charge in [0.15, 0.2) is 5.96 Å². The number of nitrogens with one attached hydrogen (secondary N) is 1. The Hall–Kier alpha value is -1.86. The van der Waals surface area contributed by atoms with Crippen molar-refractivity contribution < 1.29 is 13.9 Å². The molecule has 0 bridgehead atoms. The number of halogens is 1. The molecule has 150 valence electrons. The molecular formula is C20H31FN4O2. The van der Waals surface area contributed by atoms with Crippen LogP contribution in [0.25, 0.3) is 0 Å². The molecule has 0 aliphatic carbocycles. The average molecular weight is 378 g/mol. The minimum Gasteiger partial charge on any atom is -0.381 e. The van der Waals surface area contributed by atoms with Crippen LogP contribution in [0, 0.1) is 5.82 Å². The first-order chi connectivity index (χ1) is 13.3. The highest BCUT2D eigenvalue weighted by molar-refractivity contribution is 5.80. The van der Waals surface area contributed by atoms with E-state index in [0.717, 1.165) is 83.5 Å². The van der Waals surface area contributed by atoms with Crippen LogP contribution in [0.1, 0.15) is 19.3 Å². The highest BCUT2D eigenvalue weighted by Gasteiger charge is 2.20. The lowest BCUT2D eigenvalue weighted by atomic mass is 10.1. The molecule has 1 aromatic carbocycles. The number of hydrogen-bond acceptors (Lipinski definition) is 4. The van der Waals surface area contributed by atoms with Gasteiger partial charge in [-0.05, 0) is 43.5 Å². The summed E-state index contributed by atoms with van der Waals surface area (Å²) in [5.41, 5.74) is 1.07. The summed E-state index contributed by atoms with van der Waals surface area (Å²) in [4.78, 5) is 8.97. The molecule has 0 radical (unpaired) electrons. The molecule has 2 aliphatic rings. The third kappa shape index (κ3) is 6.07. The number of ether oxygens (including phenoxy) is 2. The largest absolute Gasteiger partial charge is 0.381 e. The fourth-order valence-corrected chi connectivity index (χ4v) is 3.53. The molecular weight excluding hydrogens is 347 g/mol. The van der Waals surface area contributed by atoms with Crippen LogP contribution < -0.4 is 10.2 Å². The van der Waals surface area contributed by atoms with Gasteiger partial charge in [0.1, 0.15) is 5.82 Å². The number of guanidine groups is 1. The lowest BCUT2D eigenvalue weighted by Crippen LogP contribution is -2.52. The van der Waals surface area contributed by atoms with Crippen molar-refractivity contribution in [3.63, 3.8) is 0 Å². The van der Waals surface area contributed by atoms with Gasteiger partial charge in [-0.15, -0.1) is 0 Å². The minimum atomic E-state index is -0.192. The standard InChI is InChI=1S/C20H31FN4O2/c1-22-20(23-9-2-14-27-19-7-15-26-16-8-19)25-12-10-24(11-13-25)18-5-3-17(21)4-6-18/h3-6,19H,2,7-16H2,1H3,(H,22,23). The number of aliphatic imine (C=N–C) groups is 1. The number of benzene rings is 1. The van der Waals surface area contributed by atoms with E-state index in [1.165, 1.54) is 12.1 Å². The molecule has 2 heterocycles. The van der Waals surface area contributed by atoms with E-state index in [4.69, 9.17) is 9.47 Å². The second-order valence-corrected chi connectivity index (χ2v) is 6.96. The van der Waals surface area contributed by atoms with E-state index in [9.17, 15) is 4.39 Å². The summed E-state index contributed by atoms with van der Waals surface area (Å²) in [7, 11) is 1.83. The maximum absolute atomic E-state index is 13.1. The highest BCUT2D eigenvalue weighted by atomic mass is 19.1. The summed E-state index contributed by atoms with van der Waals surface area (Å²) >= 11 is 0. The van der Waals surface area contributed by atoms with Gasteiger partial charge < -0.3 is 24.6 Å². The number of anilines is 1. The number of hydrogen-bond donors (Lipinski definition) is 1. The van der Waals surface area contributed by atoms with Gasteiger partial charge >= 0.3 is 0 Å². The van der Waals surface area contributed by atoms with Crippen LogP contribution in [-0.4, -0.2) is 76.6 Å².